The molecule has 6 nitrogen and oxygen atoms in total. The largest absolute Gasteiger partial charge is 0.368 e. The zero-order chi connectivity index (χ0) is 25.4. The van der Waals surface area contributed by atoms with Crippen molar-refractivity contribution >= 4 is 56.9 Å². The average Bonchev–Trinajstić information content (AvgIpc) is 3.16. The van der Waals surface area contributed by atoms with Gasteiger partial charge in [-0.05, 0) is 31.2 Å². The number of thioether (sulfide) groups is 1. The van der Waals surface area contributed by atoms with E-state index in [0.29, 0.717) is 21.3 Å². The molecule has 5 rings (SSSR count). The molecular formula is C28H30N4O2S2. The fraction of sp³-hybridized carbons (Fsp3) is 0.321. The van der Waals surface area contributed by atoms with Crippen molar-refractivity contribution < 1.29 is 4.79 Å². The van der Waals surface area contributed by atoms with Crippen LogP contribution in [0.5, 0.6) is 0 Å². The Labute approximate surface area is 221 Å². The number of thiocarbonyl (C=S) groups is 1. The highest BCUT2D eigenvalue weighted by atomic mass is 32.2. The van der Waals surface area contributed by atoms with Crippen LogP contribution in [0.3, 0.4) is 0 Å². The first-order valence-corrected chi connectivity index (χ1v) is 13.5. The first-order valence-electron chi connectivity index (χ1n) is 12.3. The average molecular weight is 519 g/mol. The summed E-state index contributed by atoms with van der Waals surface area (Å²) in [6.07, 6.45) is 1.77. The van der Waals surface area contributed by atoms with E-state index in [1.165, 1.54) is 17.3 Å². The molecule has 3 aromatic rings. The number of hydrogen-bond donors (Lipinski definition) is 0. The van der Waals surface area contributed by atoms with Gasteiger partial charge in [0.25, 0.3) is 11.5 Å². The second-order valence-electron chi connectivity index (χ2n) is 9.32. The highest BCUT2D eigenvalue weighted by Crippen LogP contribution is 2.37. The van der Waals surface area contributed by atoms with E-state index in [2.05, 4.69) is 22.8 Å². The van der Waals surface area contributed by atoms with Crippen LogP contribution >= 0.6 is 24.0 Å². The number of aryl methyl sites for hydroxylation is 2. The molecule has 2 aromatic carbocycles. The van der Waals surface area contributed by atoms with Gasteiger partial charge in [0, 0.05) is 38.6 Å². The summed E-state index contributed by atoms with van der Waals surface area (Å²) in [7, 11) is 1.80. The summed E-state index contributed by atoms with van der Waals surface area (Å²) in [6.45, 7) is 9.20. The summed E-state index contributed by atoms with van der Waals surface area (Å²) in [4.78, 5) is 33.9. The number of hydrogen-bond acceptors (Lipinski definition) is 6. The Bertz CT molecular complexity index is 1420. The number of benzene rings is 2. The molecule has 0 radical (unpaired) electrons. The molecule has 186 valence electrons. The molecule has 2 fully saturated rings. The lowest BCUT2D eigenvalue weighted by Gasteiger charge is -2.37. The molecule has 0 bridgehead atoms. The Morgan fingerprint density at radius 1 is 1.00 bits per heavy atom. The number of pyridine rings is 1. The van der Waals surface area contributed by atoms with Gasteiger partial charge in [0.2, 0.25) is 0 Å². The number of aromatic nitrogens is 1. The Morgan fingerprint density at radius 2 is 1.69 bits per heavy atom. The van der Waals surface area contributed by atoms with E-state index in [-0.39, 0.29) is 11.5 Å². The van der Waals surface area contributed by atoms with Gasteiger partial charge in [0.15, 0.2) is 0 Å². The summed E-state index contributed by atoms with van der Waals surface area (Å²) in [5.74, 6) is -0.150. The molecule has 0 aliphatic carbocycles. The molecule has 36 heavy (non-hydrogen) atoms. The van der Waals surface area contributed by atoms with Crippen molar-refractivity contribution in [1.29, 1.82) is 0 Å². The topological polar surface area (TPSA) is 48.8 Å². The van der Waals surface area contributed by atoms with Gasteiger partial charge in [0.05, 0.1) is 28.2 Å². The third-order valence-electron chi connectivity index (χ3n) is 7.06. The molecule has 1 amide bonds. The monoisotopic (exact) mass is 518 g/mol. The quantitative estimate of drug-likeness (QED) is 0.369. The second kappa shape index (κ2) is 10.2. The maximum atomic E-state index is 13.7. The number of piperazine rings is 1. The van der Waals surface area contributed by atoms with Crippen molar-refractivity contribution in [2.75, 3.05) is 37.6 Å². The number of para-hydroxylation sites is 1. The molecule has 2 saturated heterocycles. The van der Waals surface area contributed by atoms with Gasteiger partial charge >= 0.3 is 0 Å². The summed E-state index contributed by atoms with van der Waals surface area (Å²) in [5, 5.41) is 1.02. The van der Waals surface area contributed by atoms with Gasteiger partial charge in [-0.1, -0.05) is 78.9 Å². The third-order valence-corrected chi connectivity index (χ3v) is 8.43. The molecule has 8 heteroatoms. The van der Waals surface area contributed by atoms with E-state index in [1.807, 2.05) is 49.4 Å². The van der Waals surface area contributed by atoms with Gasteiger partial charge in [-0.15, -0.1) is 0 Å². The zero-order valence-electron chi connectivity index (χ0n) is 20.9. The lowest BCUT2D eigenvalue weighted by molar-refractivity contribution is -0.122. The highest BCUT2D eigenvalue weighted by Gasteiger charge is 2.33. The van der Waals surface area contributed by atoms with Gasteiger partial charge in [-0.3, -0.25) is 14.5 Å². The lowest BCUT2D eigenvalue weighted by atomic mass is 10.1. The summed E-state index contributed by atoms with van der Waals surface area (Å²) in [5.41, 5.74) is 4.44. The number of likely N-dealkylation sites (N-methyl/N-ethyl adjacent to an activating group) is 1. The minimum absolute atomic E-state index is 0.106. The molecule has 0 N–H and O–H groups in total. The number of carbonyl (C=O) groups excluding carboxylic acids is 1. The van der Waals surface area contributed by atoms with Crippen molar-refractivity contribution in [1.82, 2.24) is 14.4 Å². The number of amides is 1. The Morgan fingerprint density at radius 3 is 2.39 bits per heavy atom. The Hall–Kier alpha value is -2.94. The summed E-state index contributed by atoms with van der Waals surface area (Å²) >= 11 is 6.86. The van der Waals surface area contributed by atoms with Crippen molar-refractivity contribution in [2.45, 2.75) is 20.4 Å². The van der Waals surface area contributed by atoms with Crippen molar-refractivity contribution in [3.8, 4) is 0 Å². The highest BCUT2D eigenvalue weighted by molar-refractivity contribution is 8.26. The SMILES string of the molecule is CCN1CCN(c2c(C=C3SC(=S)N(Cc4ccc(C)cc4)C3=O)c(=O)n(C)c3ccccc23)CC1. The molecule has 3 heterocycles. The lowest BCUT2D eigenvalue weighted by Crippen LogP contribution is -2.47. The van der Waals surface area contributed by atoms with Crippen molar-refractivity contribution in [2.24, 2.45) is 7.05 Å². The first-order chi connectivity index (χ1) is 17.4. The standard InChI is InChI=1S/C28H30N4O2S2/c1-4-30-13-15-31(16-14-30)25-21-7-5-6-8-23(21)29(3)26(33)22(25)17-24-27(34)32(28(35)36-24)18-20-11-9-19(2)10-12-20/h5-12,17H,4,13-16,18H2,1-3H3. The van der Waals surface area contributed by atoms with Crippen LogP contribution in [0.1, 0.15) is 23.6 Å². The van der Waals surface area contributed by atoms with Gasteiger partial charge in [-0.2, -0.15) is 0 Å². The van der Waals surface area contributed by atoms with E-state index in [0.717, 1.165) is 54.9 Å². The maximum Gasteiger partial charge on any atom is 0.266 e. The number of carbonyl (C=O) groups is 1. The predicted octanol–water partition coefficient (Wildman–Crippen LogP) is 4.39. The molecular weight excluding hydrogens is 488 g/mol. The molecule has 2 aliphatic rings. The van der Waals surface area contributed by atoms with Gasteiger partial charge in [-0.25, -0.2) is 0 Å². The van der Waals surface area contributed by atoms with Crippen molar-refractivity contribution in [3.63, 3.8) is 0 Å². The molecule has 1 aromatic heterocycles. The smallest absolute Gasteiger partial charge is 0.266 e. The number of nitrogens with zero attached hydrogens (tertiary/aromatic N) is 4. The number of rotatable bonds is 5. The molecule has 0 spiro atoms. The molecule has 0 atom stereocenters. The fourth-order valence-electron chi connectivity index (χ4n) is 4.90. The van der Waals surface area contributed by atoms with Gasteiger partial charge in [0.1, 0.15) is 4.32 Å². The first kappa shape index (κ1) is 24.7. The van der Waals surface area contributed by atoms with Crippen LogP contribution in [0, 0.1) is 6.92 Å². The molecule has 0 unspecified atom stereocenters. The number of fused-ring (bicyclic) bond motifs is 1. The van der Waals surface area contributed by atoms with Crippen LogP contribution in [0.2, 0.25) is 0 Å². The Kier molecular flexibility index (Phi) is 7.01. The third kappa shape index (κ3) is 4.61. The summed E-state index contributed by atoms with van der Waals surface area (Å²) < 4.78 is 2.20. The predicted molar refractivity (Wildman–Crippen MR) is 153 cm³/mol. The fourth-order valence-corrected chi connectivity index (χ4v) is 6.14. The van der Waals surface area contributed by atoms with Crippen molar-refractivity contribution in [3.05, 3.63) is 80.5 Å². The zero-order valence-corrected chi connectivity index (χ0v) is 22.5. The van der Waals surface area contributed by atoms with E-state index in [4.69, 9.17) is 12.2 Å². The van der Waals surface area contributed by atoms with E-state index >= 15 is 0 Å². The minimum Gasteiger partial charge on any atom is -0.368 e. The van der Waals surface area contributed by atoms with Crippen LogP contribution in [0.25, 0.3) is 17.0 Å². The van der Waals surface area contributed by atoms with E-state index in [9.17, 15) is 9.59 Å². The van der Waals surface area contributed by atoms with E-state index in [1.54, 1.807) is 22.6 Å². The second-order valence-corrected chi connectivity index (χ2v) is 11.0. The molecule has 0 saturated carbocycles. The van der Waals surface area contributed by atoms with Crippen LogP contribution in [0.15, 0.2) is 58.2 Å². The van der Waals surface area contributed by atoms with E-state index < -0.39 is 0 Å². The van der Waals surface area contributed by atoms with Crippen LogP contribution in [-0.2, 0) is 18.4 Å². The normalized spacial score (nSPS) is 18.1. The minimum atomic E-state index is -0.150. The van der Waals surface area contributed by atoms with Crippen LogP contribution in [-0.4, -0.2) is 57.3 Å². The van der Waals surface area contributed by atoms with Crippen LogP contribution in [0.4, 0.5) is 5.69 Å². The van der Waals surface area contributed by atoms with Crippen LogP contribution < -0.4 is 10.5 Å². The number of anilines is 1. The van der Waals surface area contributed by atoms with Gasteiger partial charge < -0.3 is 14.4 Å². The summed E-state index contributed by atoms with van der Waals surface area (Å²) in [6, 6.07) is 16.1. The Balaban J connectivity index is 1.57. The molecule has 2 aliphatic heterocycles. The maximum absolute atomic E-state index is 13.7.